The third-order valence-electron chi connectivity index (χ3n) is 4.55. The van der Waals surface area contributed by atoms with E-state index in [0.29, 0.717) is 6.54 Å². The summed E-state index contributed by atoms with van der Waals surface area (Å²) in [7, 11) is 3.43. The minimum absolute atomic E-state index is 0.0840. The van der Waals surface area contributed by atoms with Crippen molar-refractivity contribution < 1.29 is 9.47 Å². The van der Waals surface area contributed by atoms with E-state index in [-0.39, 0.29) is 5.41 Å². The maximum absolute atomic E-state index is 6.13. The summed E-state index contributed by atoms with van der Waals surface area (Å²) < 4.78 is 11.0. The molecule has 3 nitrogen and oxygen atoms in total. The summed E-state index contributed by atoms with van der Waals surface area (Å²) in [6.07, 6.45) is 6.15. The van der Waals surface area contributed by atoms with Crippen molar-refractivity contribution in [2.24, 2.45) is 5.73 Å². The van der Waals surface area contributed by atoms with Gasteiger partial charge in [-0.1, -0.05) is 25.3 Å². The largest absolute Gasteiger partial charge is 0.496 e. The van der Waals surface area contributed by atoms with Crippen LogP contribution in [0.15, 0.2) is 12.1 Å². The monoisotopic (exact) mass is 263 g/mol. The number of hydrogen-bond donors (Lipinski definition) is 1. The molecule has 3 heteroatoms. The maximum atomic E-state index is 6.13. The molecule has 1 aliphatic rings. The summed E-state index contributed by atoms with van der Waals surface area (Å²) >= 11 is 0. The first-order valence-corrected chi connectivity index (χ1v) is 7.10. The second-order valence-electron chi connectivity index (χ2n) is 5.52. The quantitative estimate of drug-likeness (QED) is 0.907. The van der Waals surface area contributed by atoms with Crippen LogP contribution in [0, 0.1) is 6.92 Å². The highest BCUT2D eigenvalue weighted by Gasteiger charge is 2.35. The smallest absolute Gasteiger partial charge is 0.129 e. The lowest BCUT2D eigenvalue weighted by Crippen LogP contribution is -2.37. The average Bonchev–Trinajstić information content (AvgIpc) is 2.47. The van der Waals surface area contributed by atoms with Gasteiger partial charge >= 0.3 is 0 Å². The number of methoxy groups -OCH3 is 2. The Morgan fingerprint density at radius 1 is 1.11 bits per heavy atom. The normalized spacial score (nSPS) is 18.1. The number of hydrogen-bond acceptors (Lipinski definition) is 3. The van der Waals surface area contributed by atoms with Gasteiger partial charge in [0.15, 0.2) is 0 Å². The predicted molar refractivity (Wildman–Crippen MR) is 78.1 cm³/mol. The van der Waals surface area contributed by atoms with Gasteiger partial charge < -0.3 is 15.2 Å². The standard InChI is InChI=1S/C16H25NO2/c1-12-14(18-2)8-7-13(15(12)19-3)16(11-17)9-5-4-6-10-16/h7-8H,4-6,9-11,17H2,1-3H3. The van der Waals surface area contributed by atoms with Gasteiger partial charge in [-0.15, -0.1) is 0 Å². The maximum Gasteiger partial charge on any atom is 0.129 e. The molecule has 0 amide bonds. The summed E-state index contributed by atoms with van der Waals surface area (Å²) in [5, 5.41) is 0. The highest BCUT2D eigenvalue weighted by Crippen LogP contribution is 2.45. The molecular formula is C16H25NO2. The van der Waals surface area contributed by atoms with Crippen LogP contribution in [0.1, 0.15) is 43.2 Å². The van der Waals surface area contributed by atoms with E-state index in [1.807, 2.05) is 13.0 Å². The molecule has 0 saturated heterocycles. The summed E-state index contributed by atoms with van der Waals surface area (Å²) in [6, 6.07) is 4.18. The SMILES string of the molecule is COc1ccc(C2(CN)CCCCC2)c(OC)c1C. The molecule has 1 aromatic carbocycles. The second kappa shape index (κ2) is 5.83. The molecule has 0 radical (unpaired) electrons. The number of benzene rings is 1. The summed E-state index contributed by atoms with van der Waals surface area (Å²) in [4.78, 5) is 0. The lowest BCUT2D eigenvalue weighted by molar-refractivity contribution is 0.286. The number of nitrogens with two attached hydrogens (primary N) is 1. The summed E-state index contributed by atoms with van der Waals surface area (Å²) in [6.45, 7) is 2.74. The zero-order chi connectivity index (χ0) is 13.9. The molecule has 0 heterocycles. The fraction of sp³-hybridized carbons (Fsp3) is 0.625. The van der Waals surface area contributed by atoms with E-state index in [9.17, 15) is 0 Å². The Hall–Kier alpha value is -1.22. The highest BCUT2D eigenvalue weighted by atomic mass is 16.5. The van der Waals surface area contributed by atoms with Gasteiger partial charge in [-0.2, -0.15) is 0 Å². The molecule has 19 heavy (non-hydrogen) atoms. The van der Waals surface area contributed by atoms with Crippen LogP contribution in [0.5, 0.6) is 11.5 Å². The molecule has 0 aromatic heterocycles. The van der Waals surface area contributed by atoms with Gasteiger partial charge in [-0.25, -0.2) is 0 Å². The predicted octanol–water partition coefficient (Wildman–Crippen LogP) is 3.17. The molecular weight excluding hydrogens is 238 g/mol. The topological polar surface area (TPSA) is 44.5 Å². The van der Waals surface area contributed by atoms with Crippen LogP contribution in [0.3, 0.4) is 0 Å². The van der Waals surface area contributed by atoms with Gasteiger partial charge in [0.2, 0.25) is 0 Å². The van der Waals surface area contributed by atoms with Crippen molar-refractivity contribution in [3.8, 4) is 11.5 Å². The molecule has 0 aliphatic heterocycles. The number of ether oxygens (including phenoxy) is 2. The molecule has 106 valence electrons. The first-order valence-electron chi connectivity index (χ1n) is 7.10. The van der Waals surface area contributed by atoms with E-state index in [1.165, 1.54) is 24.8 Å². The van der Waals surface area contributed by atoms with Gasteiger partial charge in [0, 0.05) is 23.1 Å². The molecule has 0 spiro atoms. The zero-order valence-corrected chi connectivity index (χ0v) is 12.3. The summed E-state index contributed by atoms with van der Waals surface area (Å²) in [5.41, 5.74) is 8.54. The molecule has 2 rings (SSSR count). The molecule has 1 saturated carbocycles. The van der Waals surface area contributed by atoms with E-state index in [4.69, 9.17) is 15.2 Å². The van der Waals surface area contributed by atoms with Crippen molar-refractivity contribution >= 4 is 0 Å². The van der Waals surface area contributed by atoms with Crippen molar-refractivity contribution in [1.82, 2.24) is 0 Å². The third kappa shape index (κ3) is 2.44. The molecule has 0 atom stereocenters. The van der Waals surface area contributed by atoms with E-state index < -0.39 is 0 Å². The molecule has 0 bridgehead atoms. The fourth-order valence-electron chi connectivity index (χ4n) is 3.39. The van der Waals surface area contributed by atoms with Gasteiger partial charge in [-0.05, 0) is 25.8 Å². The van der Waals surface area contributed by atoms with Crippen LogP contribution in [-0.2, 0) is 5.41 Å². The van der Waals surface area contributed by atoms with Crippen LogP contribution in [0.25, 0.3) is 0 Å². The van der Waals surface area contributed by atoms with Crippen molar-refractivity contribution in [3.05, 3.63) is 23.3 Å². The van der Waals surface area contributed by atoms with E-state index in [2.05, 4.69) is 6.07 Å². The van der Waals surface area contributed by atoms with Crippen LogP contribution in [0.2, 0.25) is 0 Å². The Bertz CT molecular complexity index is 437. The molecule has 1 aromatic rings. The van der Waals surface area contributed by atoms with E-state index >= 15 is 0 Å². The van der Waals surface area contributed by atoms with Crippen molar-refractivity contribution in [2.45, 2.75) is 44.4 Å². The Labute approximate surface area is 116 Å². The number of rotatable bonds is 4. The molecule has 0 unspecified atom stereocenters. The first-order chi connectivity index (χ1) is 9.18. The Morgan fingerprint density at radius 3 is 2.32 bits per heavy atom. The Morgan fingerprint density at radius 2 is 1.79 bits per heavy atom. The van der Waals surface area contributed by atoms with E-state index in [1.54, 1.807) is 14.2 Å². The third-order valence-corrected chi connectivity index (χ3v) is 4.55. The van der Waals surface area contributed by atoms with Crippen LogP contribution in [0.4, 0.5) is 0 Å². The van der Waals surface area contributed by atoms with Crippen LogP contribution in [-0.4, -0.2) is 20.8 Å². The second-order valence-corrected chi connectivity index (χ2v) is 5.52. The van der Waals surface area contributed by atoms with Gasteiger partial charge in [0.25, 0.3) is 0 Å². The van der Waals surface area contributed by atoms with Crippen molar-refractivity contribution in [1.29, 1.82) is 0 Å². The van der Waals surface area contributed by atoms with Crippen molar-refractivity contribution in [2.75, 3.05) is 20.8 Å². The highest BCUT2D eigenvalue weighted by molar-refractivity contribution is 5.52. The van der Waals surface area contributed by atoms with Gasteiger partial charge in [0.05, 0.1) is 14.2 Å². The first kappa shape index (κ1) is 14.2. The lowest BCUT2D eigenvalue weighted by Gasteiger charge is -2.38. The van der Waals surface area contributed by atoms with Crippen LogP contribution < -0.4 is 15.2 Å². The molecule has 1 fully saturated rings. The average molecular weight is 263 g/mol. The zero-order valence-electron chi connectivity index (χ0n) is 12.3. The van der Waals surface area contributed by atoms with Gasteiger partial charge in [-0.3, -0.25) is 0 Å². The van der Waals surface area contributed by atoms with Crippen molar-refractivity contribution in [3.63, 3.8) is 0 Å². The van der Waals surface area contributed by atoms with E-state index in [0.717, 1.165) is 29.9 Å². The summed E-state index contributed by atoms with van der Waals surface area (Å²) in [5.74, 6) is 1.83. The Balaban J connectivity index is 2.51. The fourth-order valence-corrected chi connectivity index (χ4v) is 3.39. The minimum atomic E-state index is 0.0840. The van der Waals surface area contributed by atoms with Crippen LogP contribution >= 0.6 is 0 Å². The minimum Gasteiger partial charge on any atom is -0.496 e. The van der Waals surface area contributed by atoms with Gasteiger partial charge in [0.1, 0.15) is 11.5 Å². The lowest BCUT2D eigenvalue weighted by atomic mass is 9.69. The Kier molecular flexibility index (Phi) is 4.35. The molecule has 2 N–H and O–H groups in total. The molecule has 1 aliphatic carbocycles.